The van der Waals surface area contributed by atoms with Crippen molar-refractivity contribution in [3.63, 3.8) is 0 Å². The Hall–Kier alpha value is -2.40. The molecule has 0 amide bonds. The highest BCUT2D eigenvalue weighted by Crippen LogP contribution is 2.25. The number of benzene rings is 1. The molecule has 5 nitrogen and oxygen atoms in total. The number of hydrogen-bond donors (Lipinski definition) is 1. The second kappa shape index (κ2) is 7.69. The Labute approximate surface area is 160 Å². The molecule has 4 rings (SSSR count). The maximum atomic E-state index is 9.69. The third-order valence-electron chi connectivity index (χ3n) is 5.65. The van der Waals surface area contributed by atoms with Gasteiger partial charge in [0.15, 0.2) is 5.65 Å². The van der Waals surface area contributed by atoms with Crippen molar-refractivity contribution in [1.29, 1.82) is 0 Å². The van der Waals surface area contributed by atoms with Crippen molar-refractivity contribution in [2.75, 3.05) is 6.54 Å². The van der Waals surface area contributed by atoms with Crippen LogP contribution >= 0.6 is 0 Å². The Morgan fingerprint density at radius 3 is 2.93 bits per heavy atom. The Balaban J connectivity index is 1.49. The fourth-order valence-electron chi connectivity index (χ4n) is 4.29. The van der Waals surface area contributed by atoms with E-state index in [1.807, 2.05) is 29.8 Å². The molecule has 2 aromatic heterocycles. The van der Waals surface area contributed by atoms with Crippen LogP contribution in [0.5, 0.6) is 5.75 Å². The zero-order valence-corrected chi connectivity index (χ0v) is 16.2. The summed E-state index contributed by atoms with van der Waals surface area (Å²) in [6, 6.07) is 10.3. The van der Waals surface area contributed by atoms with Gasteiger partial charge in [0, 0.05) is 29.5 Å². The number of phenols is 1. The van der Waals surface area contributed by atoms with Crippen LogP contribution in [0.15, 0.2) is 36.5 Å². The summed E-state index contributed by atoms with van der Waals surface area (Å²) >= 11 is 0. The maximum Gasteiger partial charge on any atom is 0.159 e. The molecular formula is C22H28N4O. The molecule has 0 radical (unpaired) electrons. The number of likely N-dealkylation sites (tertiary alicyclic amines) is 1. The van der Waals surface area contributed by atoms with Gasteiger partial charge in [0.05, 0.1) is 6.20 Å². The van der Waals surface area contributed by atoms with Crippen molar-refractivity contribution >= 4 is 5.65 Å². The van der Waals surface area contributed by atoms with E-state index in [2.05, 4.69) is 29.1 Å². The van der Waals surface area contributed by atoms with E-state index in [1.54, 1.807) is 6.07 Å². The van der Waals surface area contributed by atoms with Gasteiger partial charge in [-0.2, -0.15) is 5.10 Å². The molecule has 5 heteroatoms. The van der Waals surface area contributed by atoms with E-state index < -0.39 is 0 Å². The summed E-state index contributed by atoms with van der Waals surface area (Å²) in [4.78, 5) is 7.34. The molecule has 1 saturated heterocycles. The Morgan fingerprint density at radius 1 is 1.19 bits per heavy atom. The minimum atomic E-state index is 0.358. The molecule has 27 heavy (non-hydrogen) atoms. The van der Waals surface area contributed by atoms with Gasteiger partial charge in [0.25, 0.3) is 0 Å². The lowest BCUT2D eigenvalue weighted by molar-refractivity contribution is 0.133. The van der Waals surface area contributed by atoms with Gasteiger partial charge in [0.1, 0.15) is 5.75 Å². The molecule has 1 unspecified atom stereocenters. The van der Waals surface area contributed by atoms with Gasteiger partial charge < -0.3 is 5.11 Å². The molecule has 1 aliphatic rings. The standard InChI is InChI=1S/C22H28N4O/c1-16-12-17(2)26-22(24-16)19(14-23-26)15-25-11-4-3-7-20(25)10-9-18-6-5-8-21(27)13-18/h5-6,8,12-14,20,27H,3-4,7,9-11,15H2,1-2H3. The molecule has 1 aromatic carbocycles. The van der Waals surface area contributed by atoms with E-state index >= 15 is 0 Å². The normalized spacial score (nSPS) is 18.2. The van der Waals surface area contributed by atoms with E-state index in [0.717, 1.165) is 43.0 Å². The van der Waals surface area contributed by atoms with Crippen LogP contribution in [0.4, 0.5) is 0 Å². The van der Waals surface area contributed by atoms with Crippen LogP contribution in [-0.4, -0.2) is 37.2 Å². The molecule has 1 aliphatic heterocycles. The number of nitrogens with zero attached hydrogens (tertiary/aromatic N) is 4. The number of rotatable bonds is 5. The van der Waals surface area contributed by atoms with E-state index in [9.17, 15) is 5.11 Å². The van der Waals surface area contributed by atoms with E-state index in [-0.39, 0.29) is 0 Å². The Bertz CT molecular complexity index is 933. The maximum absolute atomic E-state index is 9.69. The van der Waals surface area contributed by atoms with Crippen LogP contribution in [0.1, 0.15) is 48.2 Å². The lowest BCUT2D eigenvalue weighted by Gasteiger charge is -2.35. The number of aromatic hydroxyl groups is 1. The van der Waals surface area contributed by atoms with Crippen LogP contribution < -0.4 is 0 Å². The highest BCUT2D eigenvalue weighted by Gasteiger charge is 2.23. The third kappa shape index (κ3) is 3.98. The first kappa shape index (κ1) is 18.0. The van der Waals surface area contributed by atoms with Gasteiger partial charge in [0.2, 0.25) is 0 Å². The molecule has 3 aromatic rings. The lowest BCUT2D eigenvalue weighted by atomic mass is 9.95. The number of piperidine rings is 1. The number of phenolic OH excluding ortho intramolecular Hbond substituents is 1. The molecule has 1 atom stereocenters. The summed E-state index contributed by atoms with van der Waals surface area (Å²) in [6.07, 6.45) is 7.90. The van der Waals surface area contributed by atoms with Crippen molar-refractivity contribution < 1.29 is 5.11 Å². The van der Waals surface area contributed by atoms with Crippen LogP contribution in [0.25, 0.3) is 5.65 Å². The number of aromatic nitrogens is 3. The SMILES string of the molecule is Cc1cc(C)n2ncc(CN3CCCCC3CCc3cccc(O)c3)c2n1. The van der Waals surface area contributed by atoms with Gasteiger partial charge >= 0.3 is 0 Å². The number of hydrogen-bond acceptors (Lipinski definition) is 4. The van der Waals surface area contributed by atoms with Crippen molar-refractivity contribution in [3.8, 4) is 5.75 Å². The summed E-state index contributed by atoms with van der Waals surface area (Å²) in [7, 11) is 0. The van der Waals surface area contributed by atoms with Gasteiger partial charge in [-0.05, 0) is 69.8 Å². The van der Waals surface area contributed by atoms with Gasteiger partial charge in [-0.15, -0.1) is 0 Å². The predicted molar refractivity (Wildman–Crippen MR) is 107 cm³/mol. The number of fused-ring (bicyclic) bond motifs is 1. The quantitative estimate of drug-likeness (QED) is 0.742. The molecule has 0 aliphatic carbocycles. The van der Waals surface area contributed by atoms with E-state index in [1.165, 1.54) is 30.4 Å². The highest BCUT2D eigenvalue weighted by molar-refractivity contribution is 5.47. The highest BCUT2D eigenvalue weighted by atomic mass is 16.3. The first-order valence-electron chi connectivity index (χ1n) is 9.93. The molecule has 0 saturated carbocycles. The van der Waals surface area contributed by atoms with Gasteiger partial charge in [-0.25, -0.2) is 9.50 Å². The minimum Gasteiger partial charge on any atom is -0.508 e. The fraction of sp³-hybridized carbons (Fsp3) is 0.455. The molecule has 3 heterocycles. The van der Waals surface area contributed by atoms with E-state index in [0.29, 0.717) is 11.8 Å². The van der Waals surface area contributed by atoms with E-state index in [4.69, 9.17) is 4.98 Å². The van der Waals surface area contributed by atoms with Crippen molar-refractivity contribution in [2.24, 2.45) is 0 Å². The monoisotopic (exact) mass is 364 g/mol. The average Bonchev–Trinajstić information content (AvgIpc) is 3.04. The van der Waals surface area contributed by atoms with Gasteiger partial charge in [-0.1, -0.05) is 18.6 Å². The first-order chi connectivity index (χ1) is 13.1. The second-order valence-electron chi connectivity index (χ2n) is 7.77. The molecule has 0 spiro atoms. The summed E-state index contributed by atoms with van der Waals surface area (Å²) in [5, 5.41) is 14.2. The van der Waals surface area contributed by atoms with Gasteiger partial charge in [-0.3, -0.25) is 4.90 Å². The summed E-state index contributed by atoms with van der Waals surface area (Å²) in [5.41, 5.74) is 5.59. The Morgan fingerprint density at radius 2 is 2.07 bits per heavy atom. The largest absolute Gasteiger partial charge is 0.508 e. The fourth-order valence-corrected chi connectivity index (χ4v) is 4.29. The van der Waals surface area contributed by atoms with Crippen molar-refractivity contribution in [1.82, 2.24) is 19.5 Å². The lowest BCUT2D eigenvalue weighted by Crippen LogP contribution is -2.39. The minimum absolute atomic E-state index is 0.358. The summed E-state index contributed by atoms with van der Waals surface area (Å²) in [6.45, 7) is 6.16. The molecule has 0 bridgehead atoms. The Kier molecular flexibility index (Phi) is 5.12. The van der Waals surface area contributed by atoms with Crippen LogP contribution in [0, 0.1) is 13.8 Å². The van der Waals surface area contributed by atoms with Crippen molar-refractivity contribution in [3.05, 3.63) is 59.0 Å². The van der Waals surface area contributed by atoms with Crippen LogP contribution in [0.2, 0.25) is 0 Å². The summed E-state index contributed by atoms with van der Waals surface area (Å²) < 4.78 is 1.95. The zero-order chi connectivity index (χ0) is 18.8. The smallest absolute Gasteiger partial charge is 0.159 e. The first-order valence-corrected chi connectivity index (χ1v) is 9.93. The van der Waals surface area contributed by atoms with Crippen LogP contribution in [-0.2, 0) is 13.0 Å². The zero-order valence-electron chi connectivity index (χ0n) is 16.2. The molecule has 1 N–H and O–H groups in total. The topological polar surface area (TPSA) is 53.7 Å². The van der Waals surface area contributed by atoms with Crippen LogP contribution in [0.3, 0.4) is 0 Å². The summed E-state index contributed by atoms with van der Waals surface area (Å²) in [5.74, 6) is 0.358. The second-order valence-corrected chi connectivity index (χ2v) is 7.77. The average molecular weight is 364 g/mol. The molecule has 142 valence electrons. The van der Waals surface area contributed by atoms with Crippen molar-refractivity contribution in [2.45, 2.75) is 58.5 Å². The predicted octanol–water partition coefficient (Wildman–Crippen LogP) is 4.04. The third-order valence-corrected chi connectivity index (χ3v) is 5.65. The molecule has 1 fully saturated rings. The number of aryl methyl sites for hydroxylation is 3. The molecular weight excluding hydrogens is 336 g/mol.